The first-order valence-electron chi connectivity index (χ1n) is 8.58. The molecule has 0 amide bonds. The number of hydrogen-bond acceptors (Lipinski definition) is 4. The predicted octanol–water partition coefficient (Wildman–Crippen LogP) is 3.68. The molecule has 1 aromatic carbocycles. The summed E-state index contributed by atoms with van der Waals surface area (Å²) in [6.45, 7) is 1.81. The number of aromatic nitrogens is 3. The molecule has 3 aromatic rings. The number of rotatable bonds is 3. The van der Waals surface area contributed by atoms with Gasteiger partial charge in [0.15, 0.2) is 0 Å². The largest absolute Gasteiger partial charge is 0.385 e. The van der Waals surface area contributed by atoms with Crippen LogP contribution in [0.25, 0.3) is 10.9 Å². The number of halogens is 1. The predicted molar refractivity (Wildman–Crippen MR) is 103 cm³/mol. The third kappa shape index (κ3) is 3.16. The van der Waals surface area contributed by atoms with Crippen LogP contribution in [0.2, 0.25) is 0 Å². The zero-order valence-corrected chi connectivity index (χ0v) is 15.7. The van der Waals surface area contributed by atoms with Crippen molar-refractivity contribution in [3.63, 3.8) is 0 Å². The van der Waals surface area contributed by atoms with E-state index in [-0.39, 0.29) is 5.92 Å². The van der Waals surface area contributed by atoms with Crippen LogP contribution in [0.5, 0.6) is 0 Å². The molecule has 1 fully saturated rings. The third-order valence-electron chi connectivity index (χ3n) is 5.05. The lowest BCUT2D eigenvalue weighted by Crippen LogP contribution is -2.38. The van der Waals surface area contributed by atoms with Gasteiger partial charge < -0.3 is 14.6 Å². The van der Waals surface area contributed by atoms with Crippen molar-refractivity contribution >= 4 is 32.5 Å². The monoisotopic (exact) mass is 400 g/mol. The van der Waals surface area contributed by atoms with Crippen molar-refractivity contribution in [2.75, 3.05) is 18.0 Å². The van der Waals surface area contributed by atoms with Crippen molar-refractivity contribution in [2.45, 2.75) is 18.9 Å². The standard InChI is InChI=1S/C19H21BrN4O/c1-23-10-8-22-19(23)18(25)13-3-2-9-24(12-13)17-6-7-21-16-5-4-14(20)11-15(16)17/h4-8,10-11,13,18,25H,2-3,9,12H2,1H3. The Morgan fingerprint density at radius 1 is 1.24 bits per heavy atom. The highest BCUT2D eigenvalue weighted by molar-refractivity contribution is 9.10. The van der Waals surface area contributed by atoms with Crippen molar-refractivity contribution in [2.24, 2.45) is 13.0 Å². The number of aryl methyl sites for hydroxylation is 1. The van der Waals surface area contributed by atoms with Gasteiger partial charge in [0.1, 0.15) is 11.9 Å². The van der Waals surface area contributed by atoms with E-state index in [1.807, 2.05) is 36.1 Å². The van der Waals surface area contributed by atoms with Gasteiger partial charge in [0.2, 0.25) is 0 Å². The summed E-state index contributed by atoms with van der Waals surface area (Å²) >= 11 is 3.56. The van der Waals surface area contributed by atoms with Gasteiger partial charge >= 0.3 is 0 Å². The normalized spacial score (nSPS) is 19.3. The molecule has 2 unspecified atom stereocenters. The van der Waals surface area contributed by atoms with Crippen molar-refractivity contribution in [1.82, 2.24) is 14.5 Å². The number of aliphatic hydroxyl groups excluding tert-OH is 1. The molecule has 2 atom stereocenters. The van der Waals surface area contributed by atoms with Gasteiger partial charge in [0.25, 0.3) is 0 Å². The van der Waals surface area contributed by atoms with Crippen molar-refractivity contribution in [3.8, 4) is 0 Å². The number of piperidine rings is 1. The van der Waals surface area contributed by atoms with Crippen LogP contribution in [0.15, 0.2) is 47.3 Å². The number of nitrogens with zero attached hydrogens (tertiary/aromatic N) is 4. The Morgan fingerprint density at radius 2 is 2.12 bits per heavy atom. The molecule has 5 nitrogen and oxygen atoms in total. The molecule has 3 heterocycles. The Hall–Kier alpha value is -1.92. The lowest BCUT2D eigenvalue weighted by molar-refractivity contribution is 0.0875. The first-order valence-corrected chi connectivity index (χ1v) is 9.37. The minimum Gasteiger partial charge on any atom is -0.385 e. The van der Waals surface area contributed by atoms with E-state index in [0.717, 1.165) is 47.1 Å². The molecular formula is C19H21BrN4O. The lowest BCUT2D eigenvalue weighted by Gasteiger charge is -2.36. The Bertz CT molecular complexity index is 894. The maximum atomic E-state index is 10.8. The van der Waals surface area contributed by atoms with E-state index in [1.165, 1.54) is 5.69 Å². The van der Waals surface area contributed by atoms with Crippen LogP contribution >= 0.6 is 15.9 Å². The Kier molecular flexibility index (Phi) is 4.48. The quantitative estimate of drug-likeness (QED) is 0.728. The number of anilines is 1. The van der Waals surface area contributed by atoms with Gasteiger partial charge in [0.05, 0.1) is 5.52 Å². The zero-order valence-electron chi connectivity index (χ0n) is 14.1. The van der Waals surface area contributed by atoms with Crippen LogP contribution in [-0.4, -0.2) is 32.7 Å². The average molecular weight is 401 g/mol. The van der Waals surface area contributed by atoms with Crippen LogP contribution in [0.4, 0.5) is 5.69 Å². The number of pyridine rings is 1. The van der Waals surface area contributed by atoms with Crippen LogP contribution in [-0.2, 0) is 7.05 Å². The summed E-state index contributed by atoms with van der Waals surface area (Å²) in [7, 11) is 1.93. The number of aliphatic hydroxyl groups is 1. The Labute approximate surface area is 155 Å². The van der Waals surface area contributed by atoms with Gasteiger partial charge in [-0.1, -0.05) is 15.9 Å². The fourth-order valence-corrected chi connectivity index (χ4v) is 4.10. The van der Waals surface area contributed by atoms with Crippen molar-refractivity contribution in [1.29, 1.82) is 0 Å². The molecule has 0 bridgehead atoms. The number of benzene rings is 1. The van der Waals surface area contributed by atoms with Crippen molar-refractivity contribution < 1.29 is 5.11 Å². The molecule has 1 N–H and O–H groups in total. The highest BCUT2D eigenvalue weighted by Gasteiger charge is 2.29. The van der Waals surface area contributed by atoms with E-state index in [1.54, 1.807) is 6.20 Å². The number of hydrogen-bond donors (Lipinski definition) is 1. The maximum absolute atomic E-state index is 10.8. The first-order chi connectivity index (χ1) is 12.1. The molecule has 1 aliphatic heterocycles. The smallest absolute Gasteiger partial charge is 0.137 e. The van der Waals surface area contributed by atoms with Gasteiger partial charge in [-0.05, 0) is 37.1 Å². The second-order valence-corrected chi connectivity index (χ2v) is 7.60. The summed E-state index contributed by atoms with van der Waals surface area (Å²) in [5.74, 6) is 0.916. The van der Waals surface area contributed by atoms with Crippen LogP contribution in [0.3, 0.4) is 0 Å². The SMILES string of the molecule is Cn1ccnc1C(O)C1CCCN(c2ccnc3ccc(Br)cc23)C1. The molecule has 0 saturated carbocycles. The Morgan fingerprint density at radius 3 is 2.92 bits per heavy atom. The van der Waals surface area contributed by atoms with Crippen molar-refractivity contribution in [3.05, 3.63) is 53.2 Å². The molecule has 130 valence electrons. The van der Waals surface area contributed by atoms with Crippen LogP contribution < -0.4 is 4.90 Å². The van der Waals surface area contributed by atoms with Gasteiger partial charge in [-0.2, -0.15) is 0 Å². The van der Waals surface area contributed by atoms with Gasteiger partial charge in [-0.25, -0.2) is 4.98 Å². The molecule has 1 saturated heterocycles. The number of imidazole rings is 1. The second-order valence-electron chi connectivity index (χ2n) is 6.68. The second kappa shape index (κ2) is 6.77. The Balaban J connectivity index is 1.64. The molecule has 6 heteroatoms. The summed E-state index contributed by atoms with van der Waals surface area (Å²) in [6, 6.07) is 8.25. The summed E-state index contributed by atoms with van der Waals surface area (Å²) in [4.78, 5) is 11.2. The maximum Gasteiger partial charge on any atom is 0.137 e. The molecule has 0 aliphatic carbocycles. The zero-order chi connectivity index (χ0) is 17.4. The van der Waals surface area contributed by atoms with Crippen LogP contribution in [0.1, 0.15) is 24.8 Å². The molecule has 4 rings (SSSR count). The van der Waals surface area contributed by atoms with Crippen LogP contribution in [0, 0.1) is 5.92 Å². The average Bonchev–Trinajstić information content (AvgIpc) is 3.06. The van der Waals surface area contributed by atoms with E-state index in [4.69, 9.17) is 0 Å². The van der Waals surface area contributed by atoms with E-state index >= 15 is 0 Å². The molecule has 0 spiro atoms. The highest BCUT2D eigenvalue weighted by Crippen LogP contribution is 2.34. The third-order valence-corrected chi connectivity index (χ3v) is 5.54. The first kappa shape index (κ1) is 16.5. The summed E-state index contributed by atoms with van der Waals surface area (Å²) in [5.41, 5.74) is 2.18. The fourth-order valence-electron chi connectivity index (χ4n) is 3.74. The summed E-state index contributed by atoms with van der Waals surface area (Å²) < 4.78 is 2.96. The summed E-state index contributed by atoms with van der Waals surface area (Å²) in [5, 5.41) is 11.9. The molecule has 1 aliphatic rings. The molecule has 25 heavy (non-hydrogen) atoms. The topological polar surface area (TPSA) is 54.2 Å². The van der Waals surface area contributed by atoms with E-state index in [9.17, 15) is 5.11 Å². The van der Waals surface area contributed by atoms with E-state index in [2.05, 4.69) is 42.9 Å². The minimum atomic E-state index is -0.539. The number of fused-ring (bicyclic) bond motifs is 1. The van der Waals surface area contributed by atoms with Gasteiger partial charge in [-0.15, -0.1) is 0 Å². The minimum absolute atomic E-state index is 0.171. The highest BCUT2D eigenvalue weighted by atomic mass is 79.9. The molecule has 0 radical (unpaired) electrons. The fraction of sp³-hybridized carbons (Fsp3) is 0.368. The lowest BCUT2D eigenvalue weighted by atomic mass is 9.91. The van der Waals surface area contributed by atoms with Gasteiger partial charge in [-0.3, -0.25) is 4.98 Å². The van der Waals surface area contributed by atoms with Gasteiger partial charge in [0, 0.05) is 60.2 Å². The van der Waals surface area contributed by atoms with E-state index < -0.39 is 6.10 Å². The molecule has 2 aromatic heterocycles. The summed E-state index contributed by atoms with van der Waals surface area (Å²) in [6.07, 6.45) is 7.02. The molecular weight excluding hydrogens is 380 g/mol. The van der Waals surface area contributed by atoms with E-state index in [0.29, 0.717) is 0 Å².